The van der Waals surface area contributed by atoms with Crippen LogP contribution >= 0.6 is 16.7 Å². The van der Waals surface area contributed by atoms with Gasteiger partial charge in [0.2, 0.25) is 0 Å². The van der Waals surface area contributed by atoms with Gasteiger partial charge in [-0.15, -0.1) is 0 Å². The van der Waals surface area contributed by atoms with E-state index in [9.17, 15) is 13.2 Å². The fourth-order valence-electron chi connectivity index (χ4n) is 2.29. The number of hydrogen-bond acceptors (Lipinski definition) is 4. The van der Waals surface area contributed by atoms with Crippen LogP contribution in [-0.4, -0.2) is 49.0 Å². The topological polar surface area (TPSA) is 13.0 Å². The SMILES string of the molecule is CN(C)P1N(C)P(N(C)C)N1c1ccccc1C(F)(F)F. The number of hydrogen-bond donors (Lipinski definition) is 0. The average Bonchev–Trinajstić information content (AvgIpc) is 2.33. The number of para-hydroxylation sites is 1. The molecule has 0 N–H and O–H groups in total. The van der Waals surface area contributed by atoms with Crippen LogP contribution in [0.5, 0.6) is 0 Å². The Bertz CT molecular complexity index is 494. The number of halogens is 3. The molecule has 1 aromatic carbocycles. The summed E-state index contributed by atoms with van der Waals surface area (Å²) in [5, 5.41) is 0. The van der Waals surface area contributed by atoms with Gasteiger partial charge in [-0.1, -0.05) is 12.1 Å². The molecule has 1 aromatic rings. The van der Waals surface area contributed by atoms with Gasteiger partial charge in [-0.25, -0.2) is 4.44 Å². The van der Waals surface area contributed by atoms with Crippen LogP contribution in [0.25, 0.3) is 0 Å². The van der Waals surface area contributed by atoms with Crippen LogP contribution in [-0.2, 0) is 6.18 Å². The molecule has 0 amide bonds. The minimum atomic E-state index is -4.34. The lowest BCUT2D eigenvalue weighted by Crippen LogP contribution is -2.44. The third-order valence-corrected chi connectivity index (χ3v) is 8.49. The Hall–Kier alpha value is -0.450. The summed E-state index contributed by atoms with van der Waals surface area (Å²) < 4.78 is 47.8. The second-order valence-electron chi connectivity index (χ2n) is 5.02. The molecule has 0 saturated carbocycles. The number of alkyl halides is 3. The molecule has 0 aliphatic carbocycles. The monoisotopic (exact) mass is 338 g/mol. The standard InChI is InChI=1S/C12H19F3N4P2/c1-16(2)20-18(5)21(17(3)4)19(20)11-9-7-6-8-10(11)12(13,14)15/h6-9H,1-5H3. The predicted octanol–water partition coefficient (Wildman–Crippen LogP) is 4.03. The van der Waals surface area contributed by atoms with Crippen molar-refractivity contribution in [1.82, 2.24) is 13.8 Å². The van der Waals surface area contributed by atoms with Crippen LogP contribution in [0, 0.1) is 0 Å². The zero-order chi connectivity index (χ0) is 15.9. The molecule has 1 fully saturated rings. The van der Waals surface area contributed by atoms with E-state index >= 15 is 0 Å². The molecule has 118 valence electrons. The van der Waals surface area contributed by atoms with Gasteiger partial charge in [0.15, 0.2) is 16.7 Å². The van der Waals surface area contributed by atoms with Gasteiger partial charge in [0.1, 0.15) is 0 Å². The molecule has 1 saturated heterocycles. The van der Waals surface area contributed by atoms with Gasteiger partial charge in [-0.2, -0.15) is 13.2 Å². The van der Waals surface area contributed by atoms with Crippen LogP contribution in [0.3, 0.4) is 0 Å². The number of nitrogens with zero attached hydrogens (tertiary/aromatic N) is 4. The van der Waals surface area contributed by atoms with Gasteiger partial charge in [-0.3, -0.25) is 13.8 Å². The second-order valence-corrected chi connectivity index (χ2v) is 10.3. The fourth-order valence-corrected chi connectivity index (χ4v) is 8.98. The molecule has 2 rings (SSSR count). The molecular weight excluding hydrogens is 319 g/mol. The van der Waals surface area contributed by atoms with Crippen molar-refractivity contribution in [1.29, 1.82) is 0 Å². The molecule has 2 unspecified atom stereocenters. The normalized spacial score (nSPS) is 23.8. The first kappa shape index (κ1) is 16.9. The minimum absolute atomic E-state index is 0.266. The lowest BCUT2D eigenvalue weighted by Gasteiger charge is -2.59. The van der Waals surface area contributed by atoms with Gasteiger partial charge < -0.3 is 0 Å². The minimum Gasteiger partial charge on any atom is -0.277 e. The van der Waals surface area contributed by atoms with Gasteiger partial charge in [0, 0.05) is 7.05 Å². The van der Waals surface area contributed by atoms with Crippen LogP contribution < -0.4 is 4.44 Å². The summed E-state index contributed by atoms with van der Waals surface area (Å²) in [6.45, 7) is 0. The van der Waals surface area contributed by atoms with Crippen molar-refractivity contribution in [3.8, 4) is 0 Å². The maximum absolute atomic E-state index is 13.3. The number of benzene rings is 1. The van der Waals surface area contributed by atoms with Crippen molar-refractivity contribution >= 4 is 22.4 Å². The molecule has 2 atom stereocenters. The highest BCUT2D eigenvalue weighted by molar-refractivity contribution is 7.86. The maximum Gasteiger partial charge on any atom is 0.418 e. The van der Waals surface area contributed by atoms with E-state index in [1.54, 1.807) is 12.1 Å². The molecule has 21 heavy (non-hydrogen) atoms. The van der Waals surface area contributed by atoms with Gasteiger partial charge >= 0.3 is 6.18 Å². The van der Waals surface area contributed by atoms with Crippen molar-refractivity contribution in [2.24, 2.45) is 0 Å². The van der Waals surface area contributed by atoms with Crippen LogP contribution in [0.4, 0.5) is 18.9 Å². The molecule has 4 nitrogen and oxygen atoms in total. The molecular formula is C12H19F3N4P2. The number of rotatable bonds is 3. The summed E-state index contributed by atoms with van der Waals surface area (Å²) in [5.74, 6) is 0. The Morgan fingerprint density at radius 2 is 1.43 bits per heavy atom. The third kappa shape index (κ3) is 3.03. The van der Waals surface area contributed by atoms with Crippen LogP contribution in [0.15, 0.2) is 24.3 Å². The van der Waals surface area contributed by atoms with E-state index in [4.69, 9.17) is 0 Å². The first-order valence-electron chi connectivity index (χ1n) is 6.30. The molecule has 0 bridgehead atoms. The average molecular weight is 338 g/mol. The number of anilines is 1. The predicted molar refractivity (Wildman–Crippen MR) is 82.9 cm³/mol. The Labute approximate surface area is 125 Å². The van der Waals surface area contributed by atoms with Crippen molar-refractivity contribution < 1.29 is 13.2 Å². The van der Waals surface area contributed by atoms with Gasteiger partial charge in [0.05, 0.1) is 11.3 Å². The first-order chi connectivity index (χ1) is 9.66. The van der Waals surface area contributed by atoms with E-state index in [2.05, 4.69) is 4.44 Å². The molecule has 1 aliphatic rings. The van der Waals surface area contributed by atoms with E-state index in [1.807, 2.05) is 49.0 Å². The first-order valence-corrected chi connectivity index (χ1v) is 8.70. The lowest BCUT2D eigenvalue weighted by molar-refractivity contribution is -0.137. The van der Waals surface area contributed by atoms with Crippen LogP contribution in [0.1, 0.15) is 5.56 Å². The van der Waals surface area contributed by atoms with Crippen molar-refractivity contribution in [2.45, 2.75) is 6.18 Å². The van der Waals surface area contributed by atoms with Gasteiger partial charge in [-0.05, 0) is 40.3 Å². The Balaban J connectivity index is 2.48. The fraction of sp³-hybridized carbons (Fsp3) is 0.500. The Morgan fingerprint density at radius 3 is 1.86 bits per heavy atom. The molecule has 1 heterocycles. The molecule has 9 heteroatoms. The highest BCUT2D eigenvalue weighted by Gasteiger charge is 2.51. The van der Waals surface area contributed by atoms with Crippen LogP contribution in [0.2, 0.25) is 0 Å². The van der Waals surface area contributed by atoms with Crippen molar-refractivity contribution in [2.75, 3.05) is 39.7 Å². The van der Waals surface area contributed by atoms with E-state index < -0.39 is 28.5 Å². The van der Waals surface area contributed by atoms with E-state index in [1.165, 1.54) is 6.07 Å². The van der Waals surface area contributed by atoms with E-state index in [-0.39, 0.29) is 5.69 Å². The Morgan fingerprint density at radius 1 is 0.952 bits per heavy atom. The molecule has 0 radical (unpaired) electrons. The van der Waals surface area contributed by atoms with E-state index in [0.717, 1.165) is 6.07 Å². The Kier molecular flexibility index (Phi) is 4.81. The largest absolute Gasteiger partial charge is 0.418 e. The molecule has 0 spiro atoms. The van der Waals surface area contributed by atoms with Gasteiger partial charge in [0.25, 0.3) is 0 Å². The highest BCUT2D eigenvalue weighted by atomic mass is 31.3. The summed E-state index contributed by atoms with van der Waals surface area (Å²) in [7, 11) is 7.74. The third-order valence-electron chi connectivity index (χ3n) is 3.00. The maximum atomic E-state index is 13.3. The highest BCUT2D eigenvalue weighted by Crippen LogP contribution is 2.78. The van der Waals surface area contributed by atoms with Crippen molar-refractivity contribution in [3.63, 3.8) is 0 Å². The summed E-state index contributed by atoms with van der Waals surface area (Å²) in [6, 6.07) is 5.81. The lowest BCUT2D eigenvalue weighted by atomic mass is 10.2. The summed E-state index contributed by atoms with van der Waals surface area (Å²) in [5.41, 5.74) is -0.301. The summed E-state index contributed by atoms with van der Waals surface area (Å²) >= 11 is 0. The van der Waals surface area contributed by atoms with Crippen molar-refractivity contribution in [3.05, 3.63) is 29.8 Å². The smallest absolute Gasteiger partial charge is 0.277 e. The van der Waals surface area contributed by atoms with E-state index in [0.29, 0.717) is 0 Å². The molecule has 0 aromatic heterocycles. The zero-order valence-corrected chi connectivity index (χ0v) is 14.4. The quantitative estimate of drug-likeness (QED) is 0.772. The summed E-state index contributed by atoms with van der Waals surface area (Å²) in [6.07, 6.45) is -4.34. The second kappa shape index (κ2) is 5.98. The summed E-state index contributed by atoms with van der Waals surface area (Å²) in [4.78, 5) is 0. The molecule has 1 aliphatic heterocycles. The zero-order valence-electron chi connectivity index (χ0n) is 12.6.